The summed E-state index contributed by atoms with van der Waals surface area (Å²) in [6.07, 6.45) is 0. The van der Waals surface area contributed by atoms with Gasteiger partial charge in [0.1, 0.15) is 5.82 Å². The fourth-order valence-corrected chi connectivity index (χ4v) is 1.60. The minimum Gasteiger partial charge on any atom is -0.281 e. The summed E-state index contributed by atoms with van der Waals surface area (Å²) < 4.78 is 0. The maximum absolute atomic E-state index is 11.0. The average Bonchev–Trinajstić information content (AvgIpc) is 2.35. The number of hydrazine groups is 1. The summed E-state index contributed by atoms with van der Waals surface area (Å²) in [4.78, 5) is 19.9. The Balaban J connectivity index is 2.50. The van der Waals surface area contributed by atoms with Gasteiger partial charge in [-0.3, -0.25) is 15.6 Å². The van der Waals surface area contributed by atoms with Gasteiger partial charge in [0.25, 0.3) is 0 Å². The zero-order valence-electron chi connectivity index (χ0n) is 10.7. The number of nitrogens with zero attached hydrogens (tertiary/aromatic N) is 2. The third kappa shape index (κ3) is 2.56. The van der Waals surface area contributed by atoms with E-state index in [1.54, 1.807) is 0 Å². The van der Waals surface area contributed by atoms with E-state index in [4.69, 9.17) is 0 Å². The van der Waals surface area contributed by atoms with E-state index in [0.29, 0.717) is 5.82 Å². The Morgan fingerprint density at radius 3 is 2.61 bits per heavy atom. The Labute approximate surface area is 106 Å². The summed E-state index contributed by atoms with van der Waals surface area (Å²) in [5.74, 6) is 1.44. The van der Waals surface area contributed by atoms with Gasteiger partial charge in [0.05, 0.1) is 5.52 Å². The van der Waals surface area contributed by atoms with Gasteiger partial charge in [0.15, 0.2) is 5.82 Å². The molecule has 18 heavy (non-hydrogen) atoms. The van der Waals surface area contributed by atoms with Gasteiger partial charge in [0, 0.05) is 18.2 Å². The topological polar surface area (TPSA) is 66.9 Å². The second kappa shape index (κ2) is 5.00. The number of rotatable bonds is 3. The lowest BCUT2D eigenvalue weighted by Crippen LogP contribution is -2.27. The molecule has 0 aliphatic heterocycles. The van der Waals surface area contributed by atoms with Gasteiger partial charge < -0.3 is 0 Å². The maximum Gasteiger partial charge on any atom is 0.235 e. The molecule has 1 heterocycles. The number of hydrogen-bond acceptors (Lipinski definition) is 4. The number of benzene rings is 1. The molecule has 0 bridgehead atoms. The highest BCUT2D eigenvalue weighted by Gasteiger charge is 2.09. The number of aromatic nitrogens is 2. The van der Waals surface area contributed by atoms with Crippen molar-refractivity contribution in [1.29, 1.82) is 0 Å². The second-order valence-corrected chi connectivity index (χ2v) is 4.41. The van der Waals surface area contributed by atoms with Gasteiger partial charge in [-0.15, -0.1) is 0 Å². The third-order valence-corrected chi connectivity index (χ3v) is 2.49. The summed E-state index contributed by atoms with van der Waals surface area (Å²) in [6.45, 7) is 5.51. The van der Waals surface area contributed by atoms with Crippen molar-refractivity contribution in [1.82, 2.24) is 15.4 Å². The van der Waals surface area contributed by atoms with E-state index < -0.39 is 0 Å². The Hall–Kier alpha value is -2.17. The third-order valence-electron chi connectivity index (χ3n) is 2.49. The van der Waals surface area contributed by atoms with E-state index in [0.717, 1.165) is 16.7 Å². The molecule has 0 fully saturated rings. The zero-order chi connectivity index (χ0) is 13.1. The summed E-state index contributed by atoms with van der Waals surface area (Å²) in [5, 5.41) is 0.885. The molecule has 2 aromatic rings. The van der Waals surface area contributed by atoms with Crippen LogP contribution in [0.5, 0.6) is 0 Å². The molecule has 94 valence electrons. The van der Waals surface area contributed by atoms with Gasteiger partial charge in [-0.25, -0.2) is 9.97 Å². The van der Waals surface area contributed by atoms with E-state index in [9.17, 15) is 4.79 Å². The molecule has 0 atom stereocenters. The molecule has 2 N–H and O–H groups in total. The van der Waals surface area contributed by atoms with Gasteiger partial charge >= 0.3 is 0 Å². The summed E-state index contributed by atoms with van der Waals surface area (Å²) in [6, 6.07) is 7.70. The molecule has 0 saturated heterocycles. The molecule has 1 amide bonds. The van der Waals surface area contributed by atoms with Crippen molar-refractivity contribution < 1.29 is 4.79 Å². The van der Waals surface area contributed by atoms with E-state index >= 15 is 0 Å². The van der Waals surface area contributed by atoms with E-state index in [1.807, 2.05) is 38.1 Å². The molecule has 5 nitrogen and oxygen atoms in total. The molecule has 0 aliphatic carbocycles. The summed E-state index contributed by atoms with van der Waals surface area (Å²) in [5.41, 5.74) is 6.24. The first-order valence-corrected chi connectivity index (χ1v) is 5.87. The maximum atomic E-state index is 11.0. The second-order valence-electron chi connectivity index (χ2n) is 4.41. The van der Waals surface area contributed by atoms with Crippen molar-refractivity contribution in [3.8, 4) is 0 Å². The first-order chi connectivity index (χ1) is 8.58. The highest BCUT2D eigenvalue weighted by Crippen LogP contribution is 2.22. The first-order valence-electron chi connectivity index (χ1n) is 5.87. The van der Waals surface area contributed by atoms with Crippen LogP contribution in [0.3, 0.4) is 0 Å². The molecule has 2 rings (SSSR count). The minimum atomic E-state index is -0.163. The average molecular weight is 244 g/mol. The van der Waals surface area contributed by atoms with Crippen LogP contribution in [-0.2, 0) is 4.79 Å². The molecule has 0 unspecified atom stereocenters. The van der Waals surface area contributed by atoms with Crippen molar-refractivity contribution in [3.05, 3.63) is 30.1 Å². The molecular formula is C13H16N4O. The van der Waals surface area contributed by atoms with Crippen LogP contribution in [0, 0.1) is 0 Å². The van der Waals surface area contributed by atoms with Crippen LogP contribution in [0.15, 0.2) is 24.3 Å². The lowest BCUT2D eigenvalue weighted by atomic mass is 10.2. The van der Waals surface area contributed by atoms with Crippen LogP contribution in [0.2, 0.25) is 0 Å². The largest absolute Gasteiger partial charge is 0.281 e. The number of anilines is 1. The molecule has 1 aromatic heterocycles. The van der Waals surface area contributed by atoms with Crippen LogP contribution in [0.4, 0.5) is 5.82 Å². The van der Waals surface area contributed by atoms with Crippen molar-refractivity contribution in [2.75, 3.05) is 5.43 Å². The Morgan fingerprint density at radius 1 is 1.22 bits per heavy atom. The molecule has 5 heteroatoms. The number of para-hydroxylation sites is 1. The summed E-state index contributed by atoms with van der Waals surface area (Å²) >= 11 is 0. The normalized spacial score (nSPS) is 10.7. The number of nitrogens with one attached hydrogen (secondary N) is 2. The van der Waals surface area contributed by atoms with Crippen LogP contribution in [-0.4, -0.2) is 15.9 Å². The zero-order valence-corrected chi connectivity index (χ0v) is 10.7. The number of amides is 1. The molecule has 0 spiro atoms. The highest BCUT2D eigenvalue weighted by molar-refractivity contribution is 5.89. The summed E-state index contributed by atoms with van der Waals surface area (Å²) in [7, 11) is 0. The SMILES string of the molecule is CC(=O)NNc1nc(C(C)C)nc2ccccc12. The monoisotopic (exact) mass is 244 g/mol. The fraction of sp³-hybridized carbons (Fsp3) is 0.308. The van der Waals surface area contributed by atoms with Crippen molar-refractivity contribution in [2.45, 2.75) is 26.7 Å². The molecule has 0 saturated carbocycles. The minimum absolute atomic E-state index is 0.163. The lowest BCUT2D eigenvalue weighted by Gasteiger charge is -2.12. The highest BCUT2D eigenvalue weighted by atomic mass is 16.2. The predicted octanol–water partition coefficient (Wildman–Crippen LogP) is 2.22. The Bertz CT molecular complexity index is 580. The quantitative estimate of drug-likeness (QED) is 0.812. The smallest absolute Gasteiger partial charge is 0.235 e. The van der Waals surface area contributed by atoms with Gasteiger partial charge in [-0.2, -0.15) is 0 Å². The lowest BCUT2D eigenvalue weighted by molar-refractivity contribution is -0.118. The fourth-order valence-electron chi connectivity index (χ4n) is 1.60. The van der Waals surface area contributed by atoms with Gasteiger partial charge in [0.2, 0.25) is 5.91 Å². The van der Waals surface area contributed by atoms with Crippen LogP contribution < -0.4 is 10.9 Å². The van der Waals surface area contributed by atoms with Crippen LogP contribution in [0.1, 0.15) is 32.5 Å². The van der Waals surface area contributed by atoms with Crippen molar-refractivity contribution >= 4 is 22.6 Å². The van der Waals surface area contributed by atoms with Crippen molar-refractivity contribution in [3.63, 3.8) is 0 Å². The number of fused-ring (bicyclic) bond motifs is 1. The van der Waals surface area contributed by atoms with Crippen LogP contribution in [0.25, 0.3) is 10.9 Å². The van der Waals surface area contributed by atoms with Gasteiger partial charge in [-0.1, -0.05) is 26.0 Å². The van der Waals surface area contributed by atoms with E-state index in [-0.39, 0.29) is 11.8 Å². The molecular weight excluding hydrogens is 228 g/mol. The van der Waals surface area contributed by atoms with Crippen molar-refractivity contribution in [2.24, 2.45) is 0 Å². The number of hydrogen-bond donors (Lipinski definition) is 2. The molecule has 0 radical (unpaired) electrons. The first kappa shape index (κ1) is 12.3. The van der Waals surface area contributed by atoms with Crippen LogP contribution >= 0.6 is 0 Å². The Kier molecular flexibility index (Phi) is 3.41. The Morgan fingerprint density at radius 2 is 1.94 bits per heavy atom. The van der Waals surface area contributed by atoms with E-state index in [2.05, 4.69) is 20.8 Å². The number of carbonyl (C=O) groups excluding carboxylic acids is 1. The molecule has 1 aromatic carbocycles. The number of carbonyl (C=O) groups is 1. The van der Waals surface area contributed by atoms with E-state index in [1.165, 1.54) is 6.92 Å². The van der Waals surface area contributed by atoms with Gasteiger partial charge in [-0.05, 0) is 12.1 Å². The predicted molar refractivity (Wildman–Crippen MR) is 71.1 cm³/mol. The standard InChI is InChI=1S/C13H16N4O/c1-8(2)12-14-11-7-5-4-6-10(11)13(15-12)17-16-9(3)18/h4-8H,1-3H3,(H,16,18)(H,14,15,17). The molecule has 0 aliphatic rings.